The normalized spacial score (nSPS) is 30.2. The first kappa shape index (κ1) is 11.5. The molecule has 2 rings (SSSR count). The van der Waals surface area contributed by atoms with E-state index in [0.29, 0.717) is 17.1 Å². The average molecular weight is 218 g/mol. The highest BCUT2D eigenvalue weighted by atomic mass is 16.3. The lowest BCUT2D eigenvalue weighted by molar-refractivity contribution is 0.191. The number of phenols is 1. The van der Waals surface area contributed by atoms with Gasteiger partial charge in [-0.2, -0.15) is 0 Å². The molecule has 0 aromatic heterocycles. The summed E-state index contributed by atoms with van der Waals surface area (Å²) < 4.78 is 0. The topological polar surface area (TPSA) is 20.2 Å². The monoisotopic (exact) mass is 218 g/mol. The maximum atomic E-state index is 9.28. The van der Waals surface area contributed by atoms with Crippen molar-refractivity contribution in [3.8, 4) is 5.75 Å². The first-order chi connectivity index (χ1) is 7.63. The maximum absolute atomic E-state index is 9.28. The van der Waals surface area contributed by atoms with E-state index in [1.165, 1.54) is 37.7 Å². The molecule has 1 saturated carbocycles. The third-order valence-electron chi connectivity index (χ3n) is 4.41. The molecule has 1 aromatic carbocycles. The molecule has 0 spiro atoms. The van der Waals surface area contributed by atoms with E-state index in [1.54, 1.807) is 0 Å². The second-order valence-corrected chi connectivity index (χ2v) is 5.53. The molecule has 1 nitrogen and oxygen atoms in total. The zero-order valence-corrected chi connectivity index (χ0v) is 10.4. The van der Waals surface area contributed by atoms with Gasteiger partial charge >= 0.3 is 0 Å². The number of phenolic OH excluding ortho intramolecular Hbond substituents is 1. The zero-order valence-electron chi connectivity index (χ0n) is 10.4. The van der Waals surface area contributed by atoms with Gasteiger partial charge in [0.15, 0.2) is 0 Å². The molecule has 0 radical (unpaired) electrons. The number of hydrogen-bond donors (Lipinski definition) is 1. The largest absolute Gasteiger partial charge is 0.508 e. The third kappa shape index (κ3) is 2.40. The minimum Gasteiger partial charge on any atom is -0.508 e. The Morgan fingerprint density at radius 2 is 1.75 bits per heavy atom. The van der Waals surface area contributed by atoms with Crippen molar-refractivity contribution in [3.63, 3.8) is 0 Å². The molecule has 0 bridgehead atoms. The van der Waals surface area contributed by atoms with Crippen molar-refractivity contribution in [3.05, 3.63) is 29.8 Å². The summed E-state index contributed by atoms with van der Waals surface area (Å²) in [4.78, 5) is 0. The average Bonchev–Trinajstić information content (AvgIpc) is 2.32. The fraction of sp³-hybridized carbons (Fsp3) is 0.600. The predicted octanol–water partition coefficient (Wildman–Crippen LogP) is 4.47. The molecular weight excluding hydrogens is 196 g/mol. The summed E-state index contributed by atoms with van der Waals surface area (Å²) in [5.74, 6) is 1.08. The van der Waals surface area contributed by atoms with E-state index in [0.717, 1.165) is 0 Å². The first-order valence-corrected chi connectivity index (χ1v) is 6.42. The van der Waals surface area contributed by atoms with Gasteiger partial charge in [0.25, 0.3) is 0 Å². The van der Waals surface area contributed by atoms with Crippen LogP contribution in [0.4, 0.5) is 0 Å². The Kier molecular flexibility index (Phi) is 3.22. The Hall–Kier alpha value is -0.980. The zero-order chi connectivity index (χ0) is 11.6. The van der Waals surface area contributed by atoms with Gasteiger partial charge in [-0.1, -0.05) is 32.4 Å². The van der Waals surface area contributed by atoms with Crippen LogP contribution in [-0.4, -0.2) is 5.11 Å². The van der Waals surface area contributed by atoms with Crippen molar-refractivity contribution in [2.75, 3.05) is 0 Å². The Labute approximate surface area is 98.5 Å². The Morgan fingerprint density at radius 3 is 2.25 bits per heavy atom. The van der Waals surface area contributed by atoms with Crippen molar-refractivity contribution >= 4 is 0 Å². The molecule has 0 amide bonds. The molecule has 16 heavy (non-hydrogen) atoms. The van der Waals surface area contributed by atoms with E-state index in [-0.39, 0.29) is 0 Å². The van der Waals surface area contributed by atoms with Crippen molar-refractivity contribution in [1.82, 2.24) is 0 Å². The molecule has 1 aliphatic carbocycles. The van der Waals surface area contributed by atoms with Crippen LogP contribution < -0.4 is 0 Å². The second-order valence-electron chi connectivity index (χ2n) is 5.53. The van der Waals surface area contributed by atoms with Crippen LogP contribution in [0.5, 0.6) is 5.75 Å². The molecule has 0 aliphatic heterocycles. The van der Waals surface area contributed by atoms with Crippen LogP contribution in [0.15, 0.2) is 24.3 Å². The maximum Gasteiger partial charge on any atom is 0.115 e. The van der Waals surface area contributed by atoms with Gasteiger partial charge in [-0.05, 0) is 54.7 Å². The Balaban J connectivity index is 2.01. The van der Waals surface area contributed by atoms with E-state index < -0.39 is 0 Å². The van der Waals surface area contributed by atoms with Gasteiger partial charge in [0.1, 0.15) is 5.75 Å². The van der Waals surface area contributed by atoms with Gasteiger partial charge in [-0.3, -0.25) is 0 Å². The highest BCUT2D eigenvalue weighted by Gasteiger charge is 2.29. The molecule has 88 valence electrons. The number of aromatic hydroxyl groups is 1. The van der Waals surface area contributed by atoms with E-state index in [2.05, 4.69) is 26.0 Å². The van der Waals surface area contributed by atoms with E-state index >= 15 is 0 Å². The summed E-state index contributed by atoms with van der Waals surface area (Å²) in [5.41, 5.74) is 1.98. The van der Waals surface area contributed by atoms with E-state index in [1.807, 2.05) is 12.1 Å². The van der Waals surface area contributed by atoms with Crippen LogP contribution in [-0.2, 0) is 0 Å². The second kappa shape index (κ2) is 4.48. The lowest BCUT2D eigenvalue weighted by Gasteiger charge is -2.36. The standard InChI is InChI=1S/C15H22O/c1-3-15(2)10-8-13(9-11-15)12-4-6-14(16)7-5-12/h4-7,13,16H,3,8-11H2,1-2H3. The van der Waals surface area contributed by atoms with Crippen LogP contribution in [0, 0.1) is 5.41 Å². The van der Waals surface area contributed by atoms with Gasteiger partial charge in [0, 0.05) is 0 Å². The molecule has 0 unspecified atom stereocenters. The molecule has 1 aromatic rings. The third-order valence-corrected chi connectivity index (χ3v) is 4.41. The van der Waals surface area contributed by atoms with Gasteiger partial charge in [-0.15, -0.1) is 0 Å². The summed E-state index contributed by atoms with van der Waals surface area (Å²) in [6.45, 7) is 4.72. The van der Waals surface area contributed by atoms with Crippen molar-refractivity contribution in [2.45, 2.75) is 51.9 Å². The highest BCUT2D eigenvalue weighted by molar-refractivity contribution is 5.28. The Bertz CT molecular complexity index is 331. The first-order valence-electron chi connectivity index (χ1n) is 6.42. The van der Waals surface area contributed by atoms with Gasteiger partial charge < -0.3 is 5.11 Å². The lowest BCUT2D eigenvalue weighted by Crippen LogP contribution is -2.22. The summed E-state index contributed by atoms with van der Waals surface area (Å²) in [6, 6.07) is 7.77. The van der Waals surface area contributed by atoms with Gasteiger partial charge in [0.2, 0.25) is 0 Å². The van der Waals surface area contributed by atoms with Crippen molar-refractivity contribution in [2.24, 2.45) is 5.41 Å². The van der Waals surface area contributed by atoms with Crippen molar-refractivity contribution < 1.29 is 5.11 Å². The summed E-state index contributed by atoms with van der Waals surface area (Å²) >= 11 is 0. The molecular formula is C15H22O. The minimum absolute atomic E-state index is 0.373. The van der Waals surface area contributed by atoms with Gasteiger partial charge in [0.05, 0.1) is 0 Å². The van der Waals surface area contributed by atoms with Gasteiger partial charge in [-0.25, -0.2) is 0 Å². The quantitative estimate of drug-likeness (QED) is 0.776. The molecule has 1 aliphatic rings. The predicted molar refractivity (Wildman–Crippen MR) is 67.7 cm³/mol. The number of rotatable bonds is 2. The molecule has 0 saturated heterocycles. The van der Waals surface area contributed by atoms with Crippen LogP contribution in [0.3, 0.4) is 0 Å². The molecule has 0 heterocycles. The molecule has 1 fully saturated rings. The summed E-state index contributed by atoms with van der Waals surface area (Å²) in [5, 5.41) is 9.28. The van der Waals surface area contributed by atoms with E-state index in [4.69, 9.17) is 0 Å². The number of benzene rings is 1. The van der Waals surface area contributed by atoms with Crippen LogP contribution in [0.1, 0.15) is 57.4 Å². The Morgan fingerprint density at radius 1 is 1.19 bits per heavy atom. The lowest BCUT2D eigenvalue weighted by atomic mass is 9.69. The summed E-state index contributed by atoms with van der Waals surface area (Å²) in [7, 11) is 0. The minimum atomic E-state index is 0.373. The number of hydrogen-bond acceptors (Lipinski definition) is 1. The highest BCUT2D eigenvalue weighted by Crippen LogP contribution is 2.44. The smallest absolute Gasteiger partial charge is 0.115 e. The fourth-order valence-electron chi connectivity index (χ4n) is 2.75. The molecule has 0 atom stereocenters. The molecule has 1 N–H and O–H groups in total. The van der Waals surface area contributed by atoms with Crippen LogP contribution in [0.2, 0.25) is 0 Å². The fourth-order valence-corrected chi connectivity index (χ4v) is 2.75. The summed E-state index contributed by atoms with van der Waals surface area (Å²) in [6.07, 6.45) is 6.59. The van der Waals surface area contributed by atoms with Crippen LogP contribution in [0.25, 0.3) is 0 Å². The molecule has 1 heteroatoms. The van der Waals surface area contributed by atoms with Crippen molar-refractivity contribution in [1.29, 1.82) is 0 Å². The SMILES string of the molecule is CCC1(C)CCC(c2ccc(O)cc2)CC1. The van der Waals surface area contributed by atoms with Crippen LogP contribution >= 0.6 is 0 Å². The van der Waals surface area contributed by atoms with E-state index in [9.17, 15) is 5.11 Å².